The molecule has 0 spiro atoms. The number of amides is 2. The molecule has 1 atom stereocenters. The van der Waals surface area contributed by atoms with E-state index in [0.29, 0.717) is 31.8 Å². The molecular weight excluding hydrogens is 316 g/mol. The van der Waals surface area contributed by atoms with Crippen LogP contribution in [0.5, 0.6) is 0 Å². The SMILES string of the molecule is CC(C)(CCC(=O)N(CC1CCCCC1)C1(C#N)CCNC1)C(N)=O. The average Bonchev–Trinajstić information content (AvgIpc) is 3.08. The van der Waals surface area contributed by atoms with Gasteiger partial charge in [0, 0.05) is 24.9 Å². The number of carbonyl (C=O) groups excluding carboxylic acids is 2. The highest BCUT2D eigenvalue weighted by molar-refractivity contribution is 5.82. The molecule has 140 valence electrons. The molecular formula is C19H32N4O2. The van der Waals surface area contributed by atoms with Gasteiger partial charge in [-0.1, -0.05) is 33.1 Å². The zero-order valence-corrected chi connectivity index (χ0v) is 15.6. The number of carbonyl (C=O) groups is 2. The van der Waals surface area contributed by atoms with E-state index in [0.717, 1.165) is 19.4 Å². The predicted molar refractivity (Wildman–Crippen MR) is 96.3 cm³/mol. The first-order valence-electron chi connectivity index (χ1n) is 9.53. The summed E-state index contributed by atoms with van der Waals surface area (Å²) in [6, 6.07) is 2.42. The number of primary amides is 1. The second-order valence-electron chi connectivity index (χ2n) is 8.33. The highest BCUT2D eigenvalue weighted by Gasteiger charge is 2.43. The van der Waals surface area contributed by atoms with Crippen molar-refractivity contribution in [1.29, 1.82) is 5.26 Å². The van der Waals surface area contributed by atoms with Crippen LogP contribution < -0.4 is 11.1 Å². The Bertz CT molecular complexity index is 526. The summed E-state index contributed by atoms with van der Waals surface area (Å²) in [4.78, 5) is 26.4. The highest BCUT2D eigenvalue weighted by atomic mass is 16.2. The van der Waals surface area contributed by atoms with E-state index in [9.17, 15) is 14.9 Å². The normalized spacial score (nSPS) is 24.7. The lowest BCUT2D eigenvalue weighted by molar-refractivity contribution is -0.137. The Balaban J connectivity index is 2.11. The van der Waals surface area contributed by atoms with E-state index in [4.69, 9.17) is 5.73 Å². The lowest BCUT2D eigenvalue weighted by Crippen LogP contribution is -2.54. The summed E-state index contributed by atoms with van der Waals surface area (Å²) in [6.45, 7) is 5.48. The van der Waals surface area contributed by atoms with Gasteiger partial charge in [0.25, 0.3) is 0 Å². The third-order valence-corrected chi connectivity index (χ3v) is 5.96. The first kappa shape index (κ1) is 19.7. The van der Waals surface area contributed by atoms with E-state index in [1.165, 1.54) is 19.3 Å². The summed E-state index contributed by atoms with van der Waals surface area (Å²) in [5.74, 6) is 0.0643. The Labute approximate surface area is 151 Å². The smallest absolute Gasteiger partial charge is 0.223 e. The molecule has 1 aliphatic heterocycles. The maximum absolute atomic E-state index is 13.0. The van der Waals surface area contributed by atoms with Crippen LogP contribution in [0.4, 0.5) is 0 Å². The molecule has 1 aliphatic carbocycles. The molecule has 0 aromatic carbocycles. The van der Waals surface area contributed by atoms with Crippen molar-refractivity contribution in [3.63, 3.8) is 0 Å². The fraction of sp³-hybridized carbons (Fsp3) is 0.842. The minimum Gasteiger partial charge on any atom is -0.369 e. The van der Waals surface area contributed by atoms with Crippen LogP contribution in [-0.2, 0) is 9.59 Å². The van der Waals surface area contributed by atoms with Gasteiger partial charge in [-0.3, -0.25) is 9.59 Å². The standard InChI is InChI=1S/C19H32N4O2/c1-18(2,17(21)25)9-8-16(24)23(12-15-6-4-3-5-7-15)19(13-20)10-11-22-14-19/h15,22H,3-12,14H2,1-2H3,(H2,21,25). The van der Waals surface area contributed by atoms with Gasteiger partial charge in [-0.05, 0) is 38.1 Å². The molecule has 1 saturated heterocycles. The molecule has 6 nitrogen and oxygen atoms in total. The van der Waals surface area contributed by atoms with Crippen LogP contribution in [0, 0.1) is 22.7 Å². The molecule has 0 aromatic heterocycles. The third-order valence-electron chi connectivity index (χ3n) is 5.96. The Morgan fingerprint density at radius 3 is 2.52 bits per heavy atom. The van der Waals surface area contributed by atoms with Crippen LogP contribution in [0.25, 0.3) is 0 Å². The predicted octanol–water partition coefficient (Wildman–Crippen LogP) is 1.94. The summed E-state index contributed by atoms with van der Waals surface area (Å²) in [6.07, 6.45) is 7.28. The van der Waals surface area contributed by atoms with Crippen molar-refractivity contribution in [1.82, 2.24) is 10.2 Å². The molecule has 2 amide bonds. The fourth-order valence-corrected chi connectivity index (χ4v) is 3.89. The molecule has 1 heterocycles. The van der Waals surface area contributed by atoms with Gasteiger partial charge in [0.05, 0.1) is 6.07 Å². The molecule has 2 aliphatic rings. The summed E-state index contributed by atoms with van der Waals surface area (Å²) in [5, 5.41) is 13.1. The van der Waals surface area contributed by atoms with Crippen molar-refractivity contribution < 1.29 is 9.59 Å². The Morgan fingerprint density at radius 1 is 1.32 bits per heavy atom. The molecule has 3 N–H and O–H groups in total. The lowest BCUT2D eigenvalue weighted by Gasteiger charge is -2.39. The third kappa shape index (κ3) is 4.72. The monoisotopic (exact) mass is 348 g/mol. The number of nitriles is 1. The van der Waals surface area contributed by atoms with Gasteiger partial charge in [-0.15, -0.1) is 0 Å². The number of hydrogen-bond acceptors (Lipinski definition) is 4. The Morgan fingerprint density at radius 2 is 2.00 bits per heavy atom. The number of rotatable bonds is 7. The van der Waals surface area contributed by atoms with E-state index in [2.05, 4.69) is 11.4 Å². The fourth-order valence-electron chi connectivity index (χ4n) is 3.89. The zero-order chi connectivity index (χ0) is 18.5. The number of nitrogens with zero attached hydrogens (tertiary/aromatic N) is 2. The molecule has 0 bridgehead atoms. The molecule has 0 radical (unpaired) electrons. The van der Waals surface area contributed by atoms with Gasteiger partial charge >= 0.3 is 0 Å². The van der Waals surface area contributed by atoms with Crippen LogP contribution in [0.15, 0.2) is 0 Å². The molecule has 25 heavy (non-hydrogen) atoms. The van der Waals surface area contributed by atoms with Crippen LogP contribution in [-0.4, -0.2) is 41.9 Å². The first-order valence-corrected chi connectivity index (χ1v) is 9.53. The van der Waals surface area contributed by atoms with Gasteiger partial charge in [-0.2, -0.15) is 5.26 Å². The van der Waals surface area contributed by atoms with Crippen molar-refractivity contribution in [3.05, 3.63) is 0 Å². The second kappa shape index (κ2) is 8.18. The van der Waals surface area contributed by atoms with Crippen LogP contribution >= 0.6 is 0 Å². The number of nitrogens with two attached hydrogens (primary N) is 1. The summed E-state index contributed by atoms with van der Waals surface area (Å²) < 4.78 is 0. The van der Waals surface area contributed by atoms with Gasteiger partial charge in [0.15, 0.2) is 0 Å². The minimum atomic E-state index is -0.745. The van der Waals surface area contributed by atoms with Crippen LogP contribution in [0.1, 0.15) is 65.2 Å². The second-order valence-corrected chi connectivity index (χ2v) is 8.33. The van der Waals surface area contributed by atoms with E-state index < -0.39 is 16.9 Å². The molecule has 6 heteroatoms. The number of hydrogen-bond donors (Lipinski definition) is 2. The summed E-state index contributed by atoms with van der Waals surface area (Å²) in [5.41, 5.74) is 3.98. The van der Waals surface area contributed by atoms with E-state index in [1.54, 1.807) is 13.8 Å². The quantitative estimate of drug-likeness (QED) is 0.734. The maximum Gasteiger partial charge on any atom is 0.223 e. The van der Waals surface area contributed by atoms with Crippen molar-refractivity contribution in [3.8, 4) is 6.07 Å². The molecule has 2 fully saturated rings. The topological polar surface area (TPSA) is 99.2 Å². The van der Waals surface area contributed by atoms with Crippen LogP contribution in [0.3, 0.4) is 0 Å². The molecule has 0 aromatic rings. The van der Waals surface area contributed by atoms with Crippen molar-refractivity contribution in [2.45, 2.75) is 70.8 Å². The summed E-state index contributed by atoms with van der Waals surface area (Å²) >= 11 is 0. The number of nitrogens with one attached hydrogen (secondary N) is 1. The maximum atomic E-state index is 13.0. The van der Waals surface area contributed by atoms with E-state index >= 15 is 0 Å². The van der Waals surface area contributed by atoms with Crippen molar-refractivity contribution in [2.75, 3.05) is 19.6 Å². The van der Waals surface area contributed by atoms with Gasteiger partial charge in [0.1, 0.15) is 5.54 Å². The van der Waals surface area contributed by atoms with Gasteiger partial charge in [-0.25, -0.2) is 0 Å². The zero-order valence-electron chi connectivity index (χ0n) is 15.6. The average molecular weight is 348 g/mol. The van der Waals surface area contributed by atoms with E-state index in [1.807, 2.05) is 4.90 Å². The van der Waals surface area contributed by atoms with Crippen molar-refractivity contribution >= 4 is 11.8 Å². The van der Waals surface area contributed by atoms with Crippen LogP contribution in [0.2, 0.25) is 0 Å². The van der Waals surface area contributed by atoms with Gasteiger partial charge in [0.2, 0.25) is 11.8 Å². The highest BCUT2D eigenvalue weighted by Crippen LogP contribution is 2.31. The lowest BCUT2D eigenvalue weighted by atomic mass is 9.85. The molecule has 1 saturated carbocycles. The molecule has 1 unspecified atom stereocenters. The minimum absolute atomic E-state index is 0.0230. The molecule has 2 rings (SSSR count). The van der Waals surface area contributed by atoms with Gasteiger partial charge < -0.3 is 16.0 Å². The largest absolute Gasteiger partial charge is 0.369 e. The summed E-state index contributed by atoms with van der Waals surface area (Å²) in [7, 11) is 0. The van der Waals surface area contributed by atoms with Crippen molar-refractivity contribution in [2.24, 2.45) is 17.1 Å². The first-order chi connectivity index (χ1) is 11.8. The Hall–Kier alpha value is -1.61. The van der Waals surface area contributed by atoms with E-state index in [-0.39, 0.29) is 12.3 Å². The Kier molecular flexibility index (Phi) is 6.45.